The summed E-state index contributed by atoms with van der Waals surface area (Å²) in [5.74, 6) is 0.692. The van der Waals surface area contributed by atoms with E-state index in [0.29, 0.717) is 11.4 Å². The Kier molecular flexibility index (Phi) is 6.25. The molecule has 4 aliphatic carbocycles. The van der Waals surface area contributed by atoms with E-state index >= 15 is 0 Å². The monoisotopic (exact) mass is 730 g/mol. The van der Waals surface area contributed by atoms with Gasteiger partial charge in [-0.05, 0) is 128 Å². The second kappa shape index (κ2) is 11.3. The lowest BCUT2D eigenvalue weighted by atomic mass is 9.67. The van der Waals surface area contributed by atoms with Crippen molar-refractivity contribution in [3.8, 4) is 67.2 Å². The van der Waals surface area contributed by atoms with Crippen LogP contribution in [-0.4, -0.2) is 9.97 Å². The first-order valence-corrected chi connectivity index (χ1v) is 20.5. The molecule has 1 spiro atoms. The Hall–Kier alpha value is -6.58. The summed E-state index contributed by atoms with van der Waals surface area (Å²) in [5, 5.41) is 0.995. The molecule has 13 rings (SSSR count). The summed E-state index contributed by atoms with van der Waals surface area (Å²) < 4.78 is 6.67. The molecule has 7 aromatic carbocycles. The Balaban J connectivity index is 1.15. The highest BCUT2D eigenvalue weighted by Gasteiger charge is 2.49. The van der Waals surface area contributed by atoms with E-state index in [0.717, 1.165) is 33.3 Å². The van der Waals surface area contributed by atoms with Gasteiger partial charge in [0.1, 0.15) is 16.8 Å². The molecule has 270 valence electrons. The van der Waals surface area contributed by atoms with Crippen LogP contribution in [0.2, 0.25) is 0 Å². The van der Waals surface area contributed by atoms with E-state index in [9.17, 15) is 0 Å². The fraction of sp³-hybridized carbons (Fsp3) is 0.148. The van der Waals surface area contributed by atoms with Gasteiger partial charge in [-0.25, -0.2) is 9.97 Å². The van der Waals surface area contributed by atoms with Crippen molar-refractivity contribution in [1.82, 2.24) is 9.97 Å². The van der Waals surface area contributed by atoms with Gasteiger partial charge in [0.2, 0.25) is 0 Å². The van der Waals surface area contributed by atoms with Crippen LogP contribution in [0.25, 0.3) is 89.2 Å². The molecule has 0 N–H and O–H groups in total. The molecule has 1 unspecified atom stereocenters. The molecule has 3 nitrogen and oxygen atoms in total. The number of nitrogens with zero attached hydrogens (tertiary/aromatic N) is 2. The Morgan fingerprint density at radius 2 is 1.18 bits per heavy atom. The van der Waals surface area contributed by atoms with E-state index in [1.54, 1.807) is 0 Å². The van der Waals surface area contributed by atoms with E-state index < -0.39 is 5.41 Å². The standard InChI is InChI=1S/C54H38N2O/c1-53-42-21-8-6-18-38(42)40-30-46-41(31-45(40)53)48-37(20-13-22-43(48)54(46)26-10-3-11-27-54)34-17-12-16-33(28-34)36-25-24-35(29-44(36)53)49-51-50(39-19-7-9-23-47(39)57-51)56-52(55-49)32-14-4-2-5-15-32/h2,4-9,12-25,28-31H,3,10-11,26-27H2,1H3. The predicted molar refractivity (Wildman–Crippen MR) is 231 cm³/mol. The Labute approximate surface area is 331 Å². The molecule has 4 aliphatic rings. The van der Waals surface area contributed by atoms with Crippen LogP contribution >= 0.6 is 0 Å². The zero-order chi connectivity index (χ0) is 37.5. The van der Waals surface area contributed by atoms with Gasteiger partial charge >= 0.3 is 0 Å². The Bertz CT molecular complexity index is 3180. The highest BCUT2D eigenvalue weighted by atomic mass is 16.3. The van der Waals surface area contributed by atoms with Gasteiger partial charge in [0.25, 0.3) is 0 Å². The molecule has 1 fully saturated rings. The molecule has 2 heterocycles. The summed E-state index contributed by atoms with van der Waals surface area (Å²) in [6, 6.07) is 56.4. The van der Waals surface area contributed by atoms with Crippen molar-refractivity contribution in [1.29, 1.82) is 0 Å². The van der Waals surface area contributed by atoms with E-state index in [-0.39, 0.29) is 5.41 Å². The maximum atomic E-state index is 6.67. The molecule has 2 aromatic heterocycles. The lowest BCUT2D eigenvalue weighted by Gasteiger charge is -2.36. The fourth-order valence-electron chi connectivity index (χ4n) is 11.5. The minimum Gasteiger partial charge on any atom is -0.452 e. The largest absolute Gasteiger partial charge is 0.452 e. The van der Waals surface area contributed by atoms with Crippen molar-refractivity contribution in [3.05, 3.63) is 179 Å². The number of hydrogen-bond donors (Lipinski definition) is 0. The second-order valence-electron chi connectivity index (χ2n) is 16.9. The second-order valence-corrected chi connectivity index (χ2v) is 16.9. The van der Waals surface area contributed by atoms with Gasteiger partial charge < -0.3 is 4.42 Å². The van der Waals surface area contributed by atoms with Gasteiger partial charge in [0.05, 0.1) is 0 Å². The SMILES string of the molecule is CC12c3cc(-c4nc(-c5ccccc5)nc5c4oc4ccccc45)ccc3-c3cccc(c3)-c3cccc4c3-c3cc1c(cc3C41CCCCC1)-c1ccccc12. The van der Waals surface area contributed by atoms with Crippen LogP contribution < -0.4 is 0 Å². The smallest absolute Gasteiger partial charge is 0.180 e. The molecule has 1 atom stereocenters. The van der Waals surface area contributed by atoms with Crippen LogP contribution in [-0.2, 0) is 10.8 Å². The molecular weight excluding hydrogens is 693 g/mol. The summed E-state index contributed by atoms with van der Waals surface area (Å²) in [7, 11) is 0. The first kappa shape index (κ1) is 31.6. The van der Waals surface area contributed by atoms with Gasteiger partial charge in [-0.2, -0.15) is 0 Å². The lowest BCUT2D eigenvalue weighted by molar-refractivity contribution is 0.353. The van der Waals surface area contributed by atoms with Crippen LogP contribution in [0.4, 0.5) is 0 Å². The molecule has 57 heavy (non-hydrogen) atoms. The molecule has 0 amide bonds. The predicted octanol–water partition coefficient (Wildman–Crippen LogP) is 13.9. The van der Waals surface area contributed by atoms with E-state index in [1.165, 1.54) is 104 Å². The molecule has 3 heteroatoms. The van der Waals surface area contributed by atoms with Gasteiger partial charge in [-0.3, -0.25) is 0 Å². The first-order valence-electron chi connectivity index (χ1n) is 20.5. The van der Waals surface area contributed by atoms with Crippen molar-refractivity contribution in [2.24, 2.45) is 0 Å². The van der Waals surface area contributed by atoms with Crippen molar-refractivity contribution in [3.63, 3.8) is 0 Å². The van der Waals surface area contributed by atoms with Crippen molar-refractivity contribution in [2.45, 2.75) is 49.9 Å². The lowest BCUT2D eigenvalue weighted by Crippen LogP contribution is -2.28. The van der Waals surface area contributed by atoms with Gasteiger partial charge in [0.15, 0.2) is 11.4 Å². The average molecular weight is 731 g/mol. The van der Waals surface area contributed by atoms with Crippen LogP contribution in [0.5, 0.6) is 0 Å². The highest BCUT2D eigenvalue weighted by molar-refractivity contribution is 6.07. The minimum atomic E-state index is -0.452. The van der Waals surface area contributed by atoms with Gasteiger partial charge in [-0.15, -0.1) is 0 Å². The van der Waals surface area contributed by atoms with E-state index in [2.05, 4.69) is 128 Å². The maximum Gasteiger partial charge on any atom is 0.180 e. The molecule has 1 saturated carbocycles. The quantitative estimate of drug-likeness (QED) is 0.178. The topological polar surface area (TPSA) is 38.9 Å². The number of rotatable bonds is 2. The average Bonchev–Trinajstić information content (AvgIpc) is 3.87. The molecule has 9 aromatic rings. The molecular formula is C54H38N2O. The number of aromatic nitrogens is 2. The third-order valence-electron chi connectivity index (χ3n) is 14.1. The Morgan fingerprint density at radius 3 is 2.07 bits per heavy atom. The summed E-state index contributed by atoms with van der Waals surface area (Å²) in [6.45, 7) is 2.47. The van der Waals surface area contributed by atoms with E-state index in [1.807, 2.05) is 30.3 Å². The minimum absolute atomic E-state index is 0.0517. The van der Waals surface area contributed by atoms with E-state index in [4.69, 9.17) is 14.4 Å². The normalized spacial score (nSPS) is 17.8. The van der Waals surface area contributed by atoms with Gasteiger partial charge in [-0.1, -0.05) is 135 Å². The third kappa shape index (κ3) is 4.11. The van der Waals surface area contributed by atoms with Crippen LogP contribution in [0.3, 0.4) is 0 Å². The fourth-order valence-corrected chi connectivity index (χ4v) is 11.5. The molecule has 0 radical (unpaired) electrons. The summed E-state index contributed by atoms with van der Waals surface area (Å²) in [6.07, 6.45) is 6.28. The number of para-hydroxylation sites is 1. The zero-order valence-corrected chi connectivity index (χ0v) is 31.8. The summed E-state index contributed by atoms with van der Waals surface area (Å²) >= 11 is 0. The highest BCUT2D eigenvalue weighted by Crippen LogP contribution is 2.63. The van der Waals surface area contributed by atoms with Gasteiger partial charge in [0, 0.05) is 27.3 Å². The van der Waals surface area contributed by atoms with Crippen LogP contribution in [0.15, 0.2) is 156 Å². The summed E-state index contributed by atoms with van der Waals surface area (Å²) in [5.41, 5.74) is 22.5. The Morgan fingerprint density at radius 1 is 0.474 bits per heavy atom. The first-order chi connectivity index (χ1) is 28.1. The zero-order valence-electron chi connectivity index (χ0n) is 31.8. The number of fused-ring (bicyclic) bond motifs is 14. The van der Waals surface area contributed by atoms with Crippen molar-refractivity contribution < 1.29 is 4.42 Å². The molecule has 0 saturated heterocycles. The van der Waals surface area contributed by atoms with Crippen molar-refractivity contribution in [2.75, 3.05) is 0 Å². The number of furan rings is 1. The summed E-state index contributed by atoms with van der Waals surface area (Å²) in [4.78, 5) is 10.5. The number of hydrogen-bond acceptors (Lipinski definition) is 3. The molecule has 4 bridgehead atoms. The van der Waals surface area contributed by atoms with Crippen LogP contribution in [0, 0.1) is 0 Å². The number of benzene rings is 7. The van der Waals surface area contributed by atoms with Crippen LogP contribution in [0.1, 0.15) is 66.8 Å². The maximum absolute atomic E-state index is 6.67. The van der Waals surface area contributed by atoms with Crippen molar-refractivity contribution >= 4 is 22.1 Å². The molecule has 0 aliphatic heterocycles. The third-order valence-corrected chi connectivity index (χ3v) is 14.1.